The van der Waals surface area contributed by atoms with Gasteiger partial charge in [0.1, 0.15) is 5.75 Å². The maximum atomic E-state index is 12.1. The first-order valence-electron chi connectivity index (χ1n) is 11.1. The van der Waals surface area contributed by atoms with Crippen LogP contribution >= 0.6 is 8.25 Å². The monoisotopic (exact) mass is 455 g/mol. The van der Waals surface area contributed by atoms with E-state index in [1.165, 1.54) is 63.4 Å². The third-order valence-electron chi connectivity index (χ3n) is 5.17. The predicted octanol–water partition coefficient (Wildman–Crippen LogP) is 7.98. The molecular weight excluding hydrogens is 414 g/mol. The van der Waals surface area contributed by atoms with E-state index < -0.39 is 8.25 Å². The summed E-state index contributed by atoms with van der Waals surface area (Å²) in [5, 5.41) is 0. The maximum Gasteiger partial charge on any atom is 2.00 e. The summed E-state index contributed by atoms with van der Waals surface area (Å²) in [4.78, 5) is 0. The number of rotatable bonds is 17. The molecule has 28 heavy (non-hydrogen) atoms. The number of benzene rings is 1. The minimum Gasteiger partial charge on any atom is -0.426 e. The molecule has 0 aromatic heterocycles. The fourth-order valence-corrected chi connectivity index (χ4v) is 3.98. The summed E-state index contributed by atoms with van der Waals surface area (Å²) in [6.07, 6.45) is 15.0. The number of hydrogen-bond acceptors (Lipinski definition) is 3. The molecule has 0 heterocycles. The van der Waals surface area contributed by atoms with Crippen LogP contribution in [0, 0.1) is 5.92 Å². The van der Waals surface area contributed by atoms with Gasteiger partial charge in [0, 0.05) is 0 Å². The first-order valence-corrected chi connectivity index (χ1v) is 12.4. The Kier molecular flexibility index (Phi) is 18.5. The minimum absolute atomic E-state index is 0. The third kappa shape index (κ3) is 13.8. The van der Waals surface area contributed by atoms with E-state index >= 15 is 0 Å². The van der Waals surface area contributed by atoms with Crippen molar-refractivity contribution in [3.05, 3.63) is 29.8 Å². The molecule has 2 unspecified atom stereocenters. The van der Waals surface area contributed by atoms with Crippen molar-refractivity contribution < 1.29 is 30.4 Å². The van der Waals surface area contributed by atoms with E-state index in [1.807, 2.05) is 12.1 Å². The van der Waals surface area contributed by atoms with E-state index in [1.54, 1.807) is 0 Å². The molecule has 1 aromatic carbocycles. The smallest absolute Gasteiger partial charge is 0.426 e. The number of unbranched alkanes of at least 4 members (excludes halogenated alkanes) is 7. The Bertz CT molecular complexity index is 493. The average molecular weight is 455 g/mol. The van der Waals surface area contributed by atoms with E-state index in [2.05, 4.69) is 32.9 Å². The first-order chi connectivity index (χ1) is 13.2. The van der Waals surface area contributed by atoms with Crippen molar-refractivity contribution >= 4 is 8.25 Å². The van der Waals surface area contributed by atoms with Gasteiger partial charge in [0.15, 0.2) is 0 Å². The molecule has 0 spiro atoms. The van der Waals surface area contributed by atoms with Crippen molar-refractivity contribution in [2.24, 2.45) is 5.92 Å². The van der Waals surface area contributed by atoms with Gasteiger partial charge in [-0.2, -0.15) is 0 Å². The Hall–Kier alpha value is -0.284. The van der Waals surface area contributed by atoms with Crippen LogP contribution in [0.1, 0.15) is 97.0 Å². The zero-order valence-corrected chi connectivity index (χ0v) is 20.2. The summed E-state index contributed by atoms with van der Waals surface area (Å²) in [6, 6.07) is 7.99. The molecule has 2 atom stereocenters. The molecule has 0 aliphatic carbocycles. The zero-order valence-electron chi connectivity index (χ0n) is 18.1. The van der Waals surface area contributed by atoms with Crippen molar-refractivity contribution in [1.29, 1.82) is 0 Å². The normalized spacial score (nSPS) is 13.0. The Morgan fingerprint density at radius 3 is 2.07 bits per heavy atom. The Balaban J connectivity index is 0.00000729. The maximum absolute atomic E-state index is 12.1. The van der Waals surface area contributed by atoms with E-state index in [4.69, 9.17) is 9.05 Å². The zero-order chi connectivity index (χ0) is 19.7. The largest absolute Gasteiger partial charge is 2.00 e. The molecule has 1 aromatic rings. The van der Waals surface area contributed by atoms with Gasteiger partial charge in [-0.15, -0.1) is 0 Å². The van der Waals surface area contributed by atoms with Crippen molar-refractivity contribution in [1.82, 2.24) is 0 Å². The molecule has 163 valence electrons. The van der Waals surface area contributed by atoms with Crippen LogP contribution in [-0.2, 0) is 32.3 Å². The van der Waals surface area contributed by atoms with Gasteiger partial charge in [0.2, 0.25) is 0 Å². The van der Waals surface area contributed by atoms with Crippen LogP contribution in [0.25, 0.3) is 0 Å². The minimum atomic E-state index is -2.47. The van der Waals surface area contributed by atoms with Crippen molar-refractivity contribution in [3.8, 4) is 5.75 Å². The molecule has 0 amide bonds. The molecule has 0 fully saturated rings. The van der Waals surface area contributed by atoms with Gasteiger partial charge in [-0.1, -0.05) is 90.7 Å². The fourth-order valence-electron chi connectivity index (χ4n) is 3.22. The van der Waals surface area contributed by atoms with Crippen molar-refractivity contribution in [2.45, 2.75) is 97.8 Å². The molecule has 0 saturated heterocycles. The summed E-state index contributed by atoms with van der Waals surface area (Å²) in [5.74, 6) is 1.12. The summed E-state index contributed by atoms with van der Waals surface area (Å²) < 4.78 is 23.0. The van der Waals surface area contributed by atoms with Crippen molar-refractivity contribution in [2.75, 3.05) is 6.61 Å². The van der Waals surface area contributed by atoms with Crippen LogP contribution < -0.4 is 4.52 Å². The van der Waals surface area contributed by atoms with Crippen LogP contribution in [0.2, 0.25) is 0 Å². The summed E-state index contributed by atoms with van der Waals surface area (Å²) in [7, 11) is -2.47. The summed E-state index contributed by atoms with van der Waals surface area (Å²) in [6.45, 7) is 7.14. The van der Waals surface area contributed by atoms with E-state index in [0.717, 1.165) is 19.3 Å². The predicted molar refractivity (Wildman–Crippen MR) is 117 cm³/mol. The van der Waals surface area contributed by atoms with Gasteiger partial charge in [0.25, 0.3) is 0 Å². The van der Waals surface area contributed by atoms with Gasteiger partial charge in [-0.05, 0) is 42.9 Å². The SMILES string of the molecule is CCCCCCCCCc1ccc(O[PH](=O)OCC(CC)CCCC)cc1.[Co+2]. The van der Waals surface area contributed by atoms with Gasteiger partial charge >= 0.3 is 25.0 Å². The molecular formula is C23H41CoO3P+2. The Morgan fingerprint density at radius 2 is 1.46 bits per heavy atom. The van der Waals surface area contributed by atoms with Gasteiger partial charge < -0.3 is 9.05 Å². The van der Waals surface area contributed by atoms with Crippen LogP contribution in [0.15, 0.2) is 24.3 Å². The van der Waals surface area contributed by atoms with Gasteiger partial charge in [-0.3, -0.25) is 0 Å². The molecule has 0 aliphatic heterocycles. The summed E-state index contributed by atoms with van der Waals surface area (Å²) in [5.41, 5.74) is 1.32. The Morgan fingerprint density at radius 1 is 0.857 bits per heavy atom. The quantitative estimate of drug-likeness (QED) is 0.176. The van der Waals surface area contributed by atoms with Gasteiger partial charge in [0.05, 0.1) is 6.61 Å². The number of aryl methyl sites for hydroxylation is 1. The van der Waals surface area contributed by atoms with Crippen LogP contribution in [0.5, 0.6) is 5.75 Å². The van der Waals surface area contributed by atoms with Gasteiger partial charge in [-0.25, -0.2) is 4.57 Å². The molecule has 0 saturated carbocycles. The second kappa shape index (κ2) is 18.7. The van der Waals surface area contributed by atoms with Crippen LogP contribution in [0.4, 0.5) is 0 Å². The molecule has 1 rings (SSSR count). The Labute approximate surface area is 184 Å². The topological polar surface area (TPSA) is 35.5 Å². The average Bonchev–Trinajstić information content (AvgIpc) is 2.68. The van der Waals surface area contributed by atoms with E-state index in [0.29, 0.717) is 18.3 Å². The molecule has 5 heteroatoms. The molecule has 0 N–H and O–H groups in total. The second-order valence-electron chi connectivity index (χ2n) is 7.59. The summed E-state index contributed by atoms with van der Waals surface area (Å²) >= 11 is 0. The fraction of sp³-hybridized carbons (Fsp3) is 0.739. The van der Waals surface area contributed by atoms with E-state index in [-0.39, 0.29) is 16.8 Å². The van der Waals surface area contributed by atoms with Crippen molar-refractivity contribution in [3.63, 3.8) is 0 Å². The molecule has 0 aliphatic rings. The number of hydrogen-bond donors (Lipinski definition) is 0. The molecule has 0 bridgehead atoms. The second-order valence-corrected chi connectivity index (χ2v) is 8.59. The molecule has 3 nitrogen and oxygen atoms in total. The first kappa shape index (κ1) is 27.7. The third-order valence-corrected chi connectivity index (χ3v) is 5.98. The standard InChI is InChI=1S/C23H41O3P.Co/c1-4-7-9-10-11-12-13-15-22-16-18-23(19-17-22)26-27(24)25-20-21(6-3)14-8-5-2;/h16-19,21,27H,4-15,20H2,1-3H3;/q;+2. The van der Waals surface area contributed by atoms with Crippen LogP contribution in [-0.4, -0.2) is 6.61 Å². The van der Waals surface area contributed by atoms with Crippen LogP contribution in [0.3, 0.4) is 0 Å². The van der Waals surface area contributed by atoms with E-state index in [9.17, 15) is 4.57 Å². The molecule has 1 radical (unpaired) electrons.